The molecular formula is C18H23N3OS2. The van der Waals surface area contributed by atoms with Crippen molar-refractivity contribution in [1.82, 2.24) is 4.98 Å². The molecule has 0 amide bonds. The van der Waals surface area contributed by atoms with Crippen molar-refractivity contribution in [1.29, 1.82) is 0 Å². The number of hydrogen-bond donors (Lipinski definition) is 0. The highest BCUT2D eigenvalue weighted by molar-refractivity contribution is 8.27. The molecule has 5 unspecified atom stereocenters. The first-order chi connectivity index (χ1) is 11.7. The first-order valence-corrected chi connectivity index (χ1v) is 10.9. The Kier molecular flexibility index (Phi) is 4.77. The monoisotopic (exact) mass is 361 g/mol. The Morgan fingerprint density at radius 1 is 1.25 bits per heavy atom. The number of rotatable bonds is 5. The molecule has 3 aliphatic rings. The van der Waals surface area contributed by atoms with Gasteiger partial charge >= 0.3 is 0 Å². The molecule has 0 spiro atoms. The molecule has 4 nitrogen and oxygen atoms in total. The molecule has 128 valence electrons. The molecule has 2 bridgehead atoms. The first-order valence-electron chi connectivity index (χ1n) is 8.88. The molecule has 24 heavy (non-hydrogen) atoms. The Labute approximate surface area is 150 Å². The lowest BCUT2D eigenvalue weighted by molar-refractivity contribution is 0.0952. The van der Waals surface area contributed by atoms with E-state index in [0.717, 1.165) is 43.2 Å². The molecule has 2 heterocycles. The van der Waals surface area contributed by atoms with Gasteiger partial charge in [0.05, 0.1) is 0 Å². The molecule has 2 aliphatic carbocycles. The van der Waals surface area contributed by atoms with Gasteiger partial charge in [0.2, 0.25) is 5.90 Å². The molecule has 0 radical (unpaired) electrons. The topological polar surface area (TPSA) is 46.8 Å². The maximum absolute atomic E-state index is 6.35. The summed E-state index contributed by atoms with van der Waals surface area (Å²) in [5.41, 5.74) is 2.19. The molecule has 2 fully saturated rings. The van der Waals surface area contributed by atoms with Crippen LogP contribution in [0.5, 0.6) is 0 Å². The third kappa shape index (κ3) is 3.31. The van der Waals surface area contributed by atoms with E-state index in [1.54, 1.807) is 0 Å². The van der Waals surface area contributed by atoms with E-state index < -0.39 is 9.83 Å². The second-order valence-corrected chi connectivity index (χ2v) is 8.81. The SMILES string of the molecule is CCCC1=NS(=S)N=C1OC1CC2CC(Cc3ccccn3)C1C2. The highest BCUT2D eigenvalue weighted by Gasteiger charge is 2.48. The van der Waals surface area contributed by atoms with Gasteiger partial charge in [0.1, 0.15) is 21.6 Å². The molecule has 0 N–H and O–H groups in total. The van der Waals surface area contributed by atoms with Gasteiger partial charge in [0, 0.05) is 11.9 Å². The molecule has 1 aliphatic heterocycles. The number of nitrogens with zero attached hydrogens (tertiary/aromatic N) is 3. The number of fused-ring (bicyclic) bond motifs is 2. The summed E-state index contributed by atoms with van der Waals surface area (Å²) < 4.78 is 15.3. The van der Waals surface area contributed by atoms with Gasteiger partial charge in [-0.25, -0.2) is 0 Å². The molecule has 2 saturated carbocycles. The maximum Gasteiger partial charge on any atom is 0.245 e. The minimum Gasteiger partial charge on any atom is -0.472 e. The summed E-state index contributed by atoms with van der Waals surface area (Å²) in [4.78, 5) is 4.50. The van der Waals surface area contributed by atoms with Crippen LogP contribution in [0.15, 0.2) is 33.2 Å². The van der Waals surface area contributed by atoms with Crippen LogP contribution < -0.4 is 0 Å². The van der Waals surface area contributed by atoms with Crippen LogP contribution in [0.25, 0.3) is 0 Å². The predicted molar refractivity (Wildman–Crippen MR) is 102 cm³/mol. The van der Waals surface area contributed by atoms with E-state index in [1.807, 2.05) is 12.3 Å². The molecule has 0 aromatic carbocycles. The minimum absolute atomic E-state index is 0.281. The van der Waals surface area contributed by atoms with Gasteiger partial charge < -0.3 is 4.74 Å². The zero-order valence-electron chi connectivity index (χ0n) is 13.9. The van der Waals surface area contributed by atoms with Gasteiger partial charge in [-0.3, -0.25) is 4.98 Å². The fourth-order valence-corrected chi connectivity index (χ4v) is 5.65. The van der Waals surface area contributed by atoms with Gasteiger partial charge in [-0.15, -0.1) is 0 Å². The molecule has 4 rings (SSSR count). The maximum atomic E-state index is 6.35. The molecule has 1 aromatic rings. The first kappa shape index (κ1) is 16.3. The molecule has 5 atom stereocenters. The van der Waals surface area contributed by atoms with Gasteiger partial charge in [-0.05, 0) is 73.2 Å². The summed E-state index contributed by atoms with van der Waals surface area (Å²) in [6.45, 7) is 2.15. The Balaban J connectivity index is 1.43. The quantitative estimate of drug-likeness (QED) is 0.805. The minimum atomic E-state index is -0.652. The van der Waals surface area contributed by atoms with Crippen LogP contribution in [0.2, 0.25) is 0 Å². The zero-order chi connectivity index (χ0) is 16.5. The predicted octanol–water partition coefficient (Wildman–Crippen LogP) is 3.62. The van der Waals surface area contributed by atoms with E-state index in [0.29, 0.717) is 11.8 Å². The van der Waals surface area contributed by atoms with Crippen LogP contribution in [-0.2, 0) is 32.2 Å². The van der Waals surface area contributed by atoms with E-state index >= 15 is 0 Å². The van der Waals surface area contributed by atoms with E-state index in [4.69, 9.17) is 15.9 Å². The van der Waals surface area contributed by atoms with Crippen molar-refractivity contribution >= 4 is 32.6 Å². The Hall–Kier alpha value is -1.14. The zero-order valence-corrected chi connectivity index (χ0v) is 15.6. The van der Waals surface area contributed by atoms with E-state index in [9.17, 15) is 0 Å². The van der Waals surface area contributed by atoms with Crippen molar-refractivity contribution in [3.8, 4) is 0 Å². The highest BCUT2D eigenvalue weighted by Crippen LogP contribution is 2.50. The molecular weight excluding hydrogens is 338 g/mol. The van der Waals surface area contributed by atoms with Crippen molar-refractivity contribution in [3.05, 3.63) is 30.1 Å². The summed E-state index contributed by atoms with van der Waals surface area (Å²) in [7, 11) is -0.652. The molecule has 1 aromatic heterocycles. The van der Waals surface area contributed by atoms with Crippen molar-refractivity contribution in [2.45, 2.75) is 51.6 Å². The average Bonchev–Trinajstić information content (AvgIpc) is 3.24. The summed E-state index contributed by atoms with van der Waals surface area (Å²) in [6.07, 6.45) is 8.96. The van der Waals surface area contributed by atoms with E-state index in [1.165, 1.54) is 18.5 Å². The van der Waals surface area contributed by atoms with Crippen molar-refractivity contribution in [2.75, 3.05) is 0 Å². The van der Waals surface area contributed by atoms with E-state index in [-0.39, 0.29) is 6.10 Å². The average molecular weight is 362 g/mol. The standard InChI is InChI=1S/C18H23N3OS2/c1-2-5-16-18(21-24(23)20-16)22-17-10-12-8-13(15(17)9-12)11-14-6-3-4-7-19-14/h3-4,6-7,12-13,15,17H,2,5,8-11H2,1H3. The summed E-state index contributed by atoms with van der Waals surface area (Å²) >= 11 is 5.25. The number of hydrogen-bond acceptors (Lipinski definition) is 3. The number of ether oxygens (including phenoxy) is 1. The Morgan fingerprint density at radius 2 is 2.17 bits per heavy atom. The van der Waals surface area contributed by atoms with Crippen LogP contribution in [-0.4, -0.2) is 22.7 Å². The summed E-state index contributed by atoms with van der Waals surface area (Å²) in [6, 6.07) is 6.20. The van der Waals surface area contributed by atoms with Crippen LogP contribution in [0, 0.1) is 17.8 Å². The third-order valence-corrected chi connectivity index (χ3v) is 6.58. The van der Waals surface area contributed by atoms with Crippen LogP contribution >= 0.6 is 0 Å². The van der Waals surface area contributed by atoms with Crippen LogP contribution in [0.4, 0.5) is 0 Å². The van der Waals surface area contributed by atoms with E-state index in [2.05, 4.69) is 32.8 Å². The van der Waals surface area contributed by atoms with Crippen LogP contribution in [0.1, 0.15) is 44.7 Å². The lowest BCUT2D eigenvalue weighted by Gasteiger charge is -2.29. The van der Waals surface area contributed by atoms with Gasteiger partial charge in [0.15, 0.2) is 0 Å². The van der Waals surface area contributed by atoms with Crippen molar-refractivity contribution in [2.24, 2.45) is 26.5 Å². The Bertz CT molecular complexity index is 689. The van der Waals surface area contributed by atoms with Gasteiger partial charge in [0.25, 0.3) is 0 Å². The van der Waals surface area contributed by atoms with Gasteiger partial charge in [-0.1, -0.05) is 19.4 Å². The normalized spacial score (nSPS) is 34.3. The summed E-state index contributed by atoms with van der Waals surface area (Å²) in [5.74, 6) is 2.84. The van der Waals surface area contributed by atoms with Crippen molar-refractivity contribution in [3.63, 3.8) is 0 Å². The summed E-state index contributed by atoms with van der Waals surface area (Å²) in [5, 5.41) is 0. The largest absolute Gasteiger partial charge is 0.472 e. The Morgan fingerprint density at radius 3 is 2.92 bits per heavy atom. The smallest absolute Gasteiger partial charge is 0.245 e. The van der Waals surface area contributed by atoms with Crippen LogP contribution in [0.3, 0.4) is 0 Å². The highest BCUT2D eigenvalue weighted by atomic mass is 32.8. The molecule has 0 saturated heterocycles. The number of aromatic nitrogens is 1. The second-order valence-electron chi connectivity index (χ2n) is 7.09. The fourth-order valence-electron chi connectivity index (χ4n) is 4.48. The van der Waals surface area contributed by atoms with Crippen molar-refractivity contribution < 1.29 is 4.74 Å². The third-order valence-electron chi connectivity index (χ3n) is 5.43. The second kappa shape index (κ2) is 7.00. The lowest BCUT2D eigenvalue weighted by Crippen LogP contribution is -2.32. The fraction of sp³-hybridized carbons (Fsp3) is 0.611. The van der Waals surface area contributed by atoms with Gasteiger partial charge in [-0.2, -0.15) is 8.80 Å². The molecule has 6 heteroatoms. The number of pyridine rings is 1. The lowest BCUT2D eigenvalue weighted by atomic mass is 9.83.